The van der Waals surface area contributed by atoms with Crippen molar-refractivity contribution >= 4 is 43.4 Å². The fraction of sp³-hybridized carbons (Fsp3) is 0.250. The number of sulfonamides is 1. The van der Waals surface area contributed by atoms with Crippen LogP contribution in [0.1, 0.15) is 17.5 Å². The number of hydrogen-bond acceptors (Lipinski definition) is 8. The van der Waals surface area contributed by atoms with Crippen LogP contribution in [-0.4, -0.2) is 37.0 Å². The Morgan fingerprint density at radius 3 is 2.76 bits per heavy atom. The first-order valence-corrected chi connectivity index (χ1v) is 10.6. The van der Waals surface area contributed by atoms with Gasteiger partial charge in [-0.25, -0.2) is 13.6 Å². The van der Waals surface area contributed by atoms with E-state index in [1.165, 1.54) is 18.2 Å². The van der Waals surface area contributed by atoms with E-state index in [1.54, 1.807) is 10.6 Å². The molecular weight excluding hydrogens is 424 g/mol. The third-order valence-corrected chi connectivity index (χ3v) is 5.78. The highest BCUT2D eigenvalue weighted by molar-refractivity contribution is 7.89. The molecular formula is C16H16N4O7S2. The number of amides is 1. The maximum Gasteiger partial charge on any atom is 0.433 e. The van der Waals surface area contributed by atoms with E-state index in [0.717, 1.165) is 17.4 Å². The van der Waals surface area contributed by atoms with E-state index in [0.29, 0.717) is 30.0 Å². The first kappa shape index (κ1) is 20.9. The molecule has 0 radical (unpaired) electrons. The first-order chi connectivity index (χ1) is 13.7. The zero-order valence-corrected chi connectivity index (χ0v) is 16.7. The number of aromatic nitrogens is 1. The highest BCUT2D eigenvalue weighted by Gasteiger charge is 2.18. The molecule has 3 aromatic rings. The van der Waals surface area contributed by atoms with Gasteiger partial charge in [0, 0.05) is 13.2 Å². The number of carbonyl (C=O) groups is 1. The highest BCUT2D eigenvalue weighted by Crippen LogP contribution is 2.22. The molecule has 0 atom stereocenters. The summed E-state index contributed by atoms with van der Waals surface area (Å²) in [6.07, 6.45) is 0. The average molecular weight is 440 g/mol. The van der Waals surface area contributed by atoms with Crippen molar-refractivity contribution in [1.82, 2.24) is 4.57 Å². The predicted molar refractivity (Wildman–Crippen MR) is 103 cm³/mol. The topological polar surface area (TPSA) is 160 Å². The van der Waals surface area contributed by atoms with Gasteiger partial charge in [0.2, 0.25) is 15.8 Å². The van der Waals surface area contributed by atoms with Gasteiger partial charge in [-0.2, -0.15) is 4.99 Å². The average Bonchev–Trinajstić information content (AvgIpc) is 3.26. The van der Waals surface area contributed by atoms with Gasteiger partial charge in [-0.3, -0.25) is 14.9 Å². The molecule has 0 saturated heterocycles. The van der Waals surface area contributed by atoms with E-state index in [4.69, 9.17) is 14.3 Å². The zero-order chi connectivity index (χ0) is 21.2. The third kappa shape index (κ3) is 4.59. The summed E-state index contributed by atoms with van der Waals surface area (Å²) in [7, 11) is -3.89. The zero-order valence-electron chi connectivity index (χ0n) is 15.1. The van der Waals surface area contributed by atoms with E-state index in [-0.39, 0.29) is 15.5 Å². The molecule has 1 amide bonds. The Kier molecular flexibility index (Phi) is 5.93. The number of fused-ring (bicyclic) bond motifs is 1. The number of ether oxygens (including phenoxy) is 1. The summed E-state index contributed by atoms with van der Waals surface area (Å²) in [5.74, 6) is -1.65. The second-order valence-corrected chi connectivity index (χ2v) is 8.29. The number of carbonyl (C=O) groups excluding carboxylic acids is 1. The maximum absolute atomic E-state index is 12.4. The first-order valence-electron chi connectivity index (χ1n) is 8.28. The fourth-order valence-corrected chi connectivity index (χ4v) is 4.22. The van der Waals surface area contributed by atoms with Crippen LogP contribution in [-0.2, 0) is 21.3 Å². The van der Waals surface area contributed by atoms with Gasteiger partial charge in [0.05, 0.1) is 27.8 Å². The van der Waals surface area contributed by atoms with Crippen LogP contribution in [0, 0.1) is 10.1 Å². The lowest BCUT2D eigenvalue weighted by Gasteiger charge is -2.05. The van der Waals surface area contributed by atoms with Gasteiger partial charge in [0.25, 0.3) is 0 Å². The fourth-order valence-electron chi connectivity index (χ4n) is 2.51. The minimum atomic E-state index is -3.89. The number of nitrogens with zero attached hydrogens (tertiary/aromatic N) is 3. The van der Waals surface area contributed by atoms with Crippen LogP contribution in [0.2, 0.25) is 0 Å². The molecule has 29 heavy (non-hydrogen) atoms. The van der Waals surface area contributed by atoms with Crippen LogP contribution in [0.4, 0.5) is 5.88 Å². The summed E-state index contributed by atoms with van der Waals surface area (Å²) in [4.78, 5) is 26.6. The van der Waals surface area contributed by atoms with Gasteiger partial charge in [-0.15, -0.1) is 0 Å². The molecule has 0 aliphatic carbocycles. The van der Waals surface area contributed by atoms with Gasteiger partial charge >= 0.3 is 11.8 Å². The van der Waals surface area contributed by atoms with E-state index < -0.39 is 26.7 Å². The minimum absolute atomic E-state index is 0.0669. The van der Waals surface area contributed by atoms with Crippen molar-refractivity contribution < 1.29 is 27.3 Å². The molecule has 2 aromatic heterocycles. The van der Waals surface area contributed by atoms with Crippen LogP contribution in [0.15, 0.2) is 44.6 Å². The largest absolute Gasteiger partial charge is 0.433 e. The van der Waals surface area contributed by atoms with Gasteiger partial charge < -0.3 is 13.7 Å². The molecule has 0 bridgehead atoms. The summed E-state index contributed by atoms with van der Waals surface area (Å²) < 4.78 is 35.7. The van der Waals surface area contributed by atoms with Crippen LogP contribution in [0.25, 0.3) is 10.2 Å². The number of nitrogens with two attached hydrogens (primary N) is 1. The molecule has 13 heteroatoms. The van der Waals surface area contributed by atoms with Gasteiger partial charge in [0.1, 0.15) is 4.92 Å². The predicted octanol–water partition coefficient (Wildman–Crippen LogP) is 1.63. The van der Waals surface area contributed by atoms with Crippen molar-refractivity contribution in [1.29, 1.82) is 0 Å². The molecule has 0 aliphatic heterocycles. The molecule has 3 rings (SSSR count). The molecule has 0 spiro atoms. The Hall–Kier alpha value is -2.87. The summed E-state index contributed by atoms with van der Waals surface area (Å²) >= 11 is 1.07. The van der Waals surface area contributed by atoms with Crippen molar-refractivity contribution in [2.24, 2.45) is 10.1 Å². The van der Waals surface area contributed by atoms with Gasteiger partial charge in [-0.1, -0.05) is 11.3 Å². The van der Waals surface area contributed by atoms with Crippen LogP contribution < -0.4 is 9.94 Å². The lowest BCUT2D eigenvalue weighted by atomic mass is 10.3. The quantitative estimate of drug-likeness (QED) is 0.332. The summed E-state index contributed by atoms with van der Waals surface area (Å²) in [5, 5.41) is 15.9. The standard InChI is InChI=1S/C16H16N4O7S2/c1-2-26-8-7-19-11-4-3-10(29(17,24)25)9-13(11)28-16(19)18-15(21)12-5-6-14(27-12)20(22)23/h3-6,9H,2,7-8H2,1H3,(H2,17,24,25). The summed E-state index contributed by atoms with van der Waals surface area (Å²) in [6, 6.07) is 6.56. The lowest BCUT2D eigenvalue weighted by molar-refractivity contribution is -0.402. The Morgan fingerprint density at radius 2 is 2.14 bits per heavy atom. The van der Waals surface area contributed by atoms with Gasteiger partial charge in [-0.05, 0) is 31.2 Å². The molecule has 0 saturated carbocycles. The number of benzene rings is 1. The Labute approximate surface area is 168 Å². The van der Waals surface area contributed by atoms with Crippen molar-refractivity contribution in [2.75, 3.05) is 13.2 Å². The molecule has 2 heterocycles. The number of furan rings is 1. The Balaban J connectivity index is 2.10. The second-order valence-electron chi connectivity index (χ2n) is 5.72. The lowest BCUT2D eigenvalue weighted by Crippen LogP contribution is -2.19. The van der Waals surface area contributed by atoms with E-state index in [9.17, 15) is 23.3 Å². The van der Waals surface area contributed by atoms with E-state index in [2.05, 4.69) is 4.99 Å². The maximum atomic E-state index is 12.4. The van der Waals surface area contributed by atoms with E-state index >= 15 is 0 Å². The Morgan fingerprint density at radius 1 is 1.38 bits per heavy atom. The van der Waals surface area contributed by atoms with Crippen LogP contribution >= 0.6 is 11.3 Å². The summed E-state index contributed by atoms with van der Waals surface area (Å²) in [6.45, 7) is 3.03. The number of nitro groups is 1. The van der Waals surface area contributed by atoms with Crippen LogP contribution in [0.5, 0.6) is 0 Å². The molecule has 0 aliphatic rings. The number of primary sulfonamides is 1. The van der Waals surface area contributed by atoms with Crippen molar-refractivity contribution in [3.63, 3.8) is 0 Å². The molecule has 2 N–H and O–H groups in total. The molecule has 1 aromatic carbocycles. The van der Waals surface area contributed by atoms with E-state index in [1.807, 2.05) is 6.92 Å². The molecule has 11 nitrogen and oxygen atoms in total. The monoisotopic (exact) mass is 440 g/mol. The van der Waals surface area contributed by atoms with Crippen molar-refractivity contribution in [2.45, 2.75) is 18.4 Å². The molecule has 154 valence electrons. The molecule has 0 unspecified atom stereocenters. The Bertz CT molecular complexity index is 1250. The second kappa shape index (κ2) is 8.24. The normalized spacial score (nSPS) is 12.6. The molecule has 0 fully saturated rings. The van der Waals surface area contributed by atoms with Crippen molar-refractivity contribution in [3.05, 3.63) is 51.0 Å². The minimum Gasteiger partial charge on any atom is -0.395 e. The van der Waals surface area contributed by atoms with Crippen LogP contribution in [0.3, 0.4) is 0 Å². The SMILES string of the molecule is CCOCCn1c(=NC(=O)c2ccc([N+](=O)[O-])o2)sc2cc(S(N)(=O)=O)ccc21. The highest BCUT2D eigenvalue weighted by atomic mass is 32.2. The number of hydrogen-bond donors (Lipinski definition) is 1. The van der Waals surface area contributed by atoms with Crippen molar-refractivity contribution in [3.8, 4) is 0 Å². The number of thiazole rings is 1. The third-order valence-electron chi connectivity index (χ3n) is 3.83. The summed E-state index contributed by atoms with van der Waals surface area (Å²) in [5.41, 5.74) is 0.638. The van der Waals surface area contributed by atoms with Gasteiger partial charge in [0.15, 0.2) is 4.80 Å². The smallest absolute Gasteiger partial charge is 0.395 e. The number of rotatable bonds is 7.